The molecule has 0 bridgehead atoms. The summed E-state index contributed by atoms with van der Waals surface area (Å²) in [4.78, 5) is 0. The molecule has 0 amide bonds. The summed E-state index contributed by atoms with van der Waals surface area (Å²) in [5, 5.41) is 20.2. The molecule has 0 radical (unpaired) electrons. The van der Waals surface area contributed by atoms with E-state index in [4.69, 9.17) is 4.74 Å². The van der Waals surface area contributed by atoms with Gasteiger partial charge in [0.15, 0.2) is 0 Å². The first-order valence-electron chi connectivity index (χ1n) is 6.37. The first kappa shape index (κ1) is 11.9. The Morgan fingerprint density at radius 1 is 1.38 bits per heavy atom. The first-order chi connectivity index (χ1) is 7.66. The van der Waals surface area contributed by atoms with E-state index in [1.165, 1.54) is 0 Å². The fourth-order valence-corrected chi connectivity index (χ4v) is 3.31. The lowest BCUT2D eigenvalue weighted by molar-refractivity contribution is -0.123. The lowest BCUT2D eigenvalue weighted by Gasteiger charge is -2.43. The standard InChI is InChI=1S/C13H21NO2/c1-2-11-3-4-12(9-11,10-14)13(15)5-7-16-8-6-13/h11,15H,2-9H2,1H3. The van der Waals surface area contributed by atoms with Crippen molar-refractivity contribution in [3.63, 3.8) is 0 Å². The minimum absolute atomic E-state index is 0.503. The van der Waals surface area contributed by atoms with Crippen LogP contribution in [0.4, 0.5) is 0 Å². The fraction of sp³-hybridized carbons (Fsp3) is 0.923. The van der Waals surface area contributed by atoms with Crippen molar-refractivity contribution < 1.29 is 9.84 Å². The molecule has 3 heteroatoms. The van der Waals surface area contributed by atoms with Crippen LogP contribution < -0.4 is 0 Å². The summed E-state index contributed by atoms with van der Waals surface area (Å²) in [6.07, 6.45) is 5.19. The summed E-state index contributed by atoms with van der Waals surface area (Å²) in [5.74, 6) is 0.617. The van der Waals surface area contributed by atoms with Crippen LogP contribution in [0.15, 0.2) is 0 Å². The summed E-state index contributed by atoms with van der Waals surface area (Å²) in [6.45, 7) is 3.36. The van der Waals surface area contributed by atoms with E-state index in [1.54, 1.807) is 0 Å². The fourth-order valence-electron chi connectivity index (χ4n) is 3.31. The highest BCUT2D eigenvalue weighted by Gasteiger charge is 2.54. The van der Waals surface area contributed by atoms with Crippen molar-refractivity contribution in [3.05, 3.63) is 0 Å². The molecule has 16 heavy (non-hydrogen) atoms. The van der Waals surface area contributed by atoms with E-state index in [9.17, 15) is 10.4 Å². The molecule has 2 rings (SSSR count). The summed E-state index contributed by atoms with van der Waals surface area (Å²) >= 11 is 0. The van der Waals surface area contributed by atoms with Gasteiger partial charge in [0.05, 0.1) is 17.1 Å². The Labute approximate surface area is 97.4 Å². The zero-order valence-electron chi connectivity index (χ0n) is 10.0. The molecule has 0 aromatic rings. The minimum Gasteiger partial charge on any atom is -0.388 e. The highest BCUT2D eigenvalue weighted by molar-refractivity contribution is 5.15. The Balaban J connectivity index is 2.18. The smallest absolute Gasteiger partial charge is 0.0877 e. The normalized spacial score (nSPS) is 38.2. The summed E-state index contributed by atoms with van der Waals surface area (Å²) in [7, 11) is 0. The first-order valence-corrected chi connectivity index (χ1v) is 6.37. The maximum absolute atomic E-state index is 10.7. The average Bonchev–Trinajstić information content (AvgIpc) is 2.75. The molecule has 1 aliphatic carbocycles. The van der Waals surface area contributed by atoms with Crippen molar-refractivity contribution in [1.82, 2.24) is 0 Å². The van der Waals surface area contributed by atoms with Gasteiger partial charge in [0.1, 0.15) is 0 Å². The van der Waals surface area contributed by atoms with E-state index in [0.29, 0.717) is 32.0 Å². The molecule has 0 aromatic heterocycles. The molecule has 2 fully saturated rings. The average molecular weight is 223 g/mol. The second-order valence-corrected chi connectivity index (χ2v) is 5.35. The van der Waals surface area contributed by atoms with Gasteiger partial charge in [0.2, 0.25) is 0 Å². The topological polar surface area (TPSA) is 53.2 Å². The monoisotopic (exact) mass is 223 g/mol. The molecule has 90 valence electrons. The van der Waals surface area contributed by atoms with Crippen LogP contribution in [0.3, 0.4) is 0 Å². The van der Waals surface area contributed by atoms with Gasteiger partial charge in [-0.15, -0.1) is 0 Å². The van der Waals surface area contributed by atoms with Gasteiger partial charge >= 0.3 is 0 Å². The lowest BCUT2D eigenvalue weighted by atomic mass is 9.67. The number of rotatable bonds is 2. The lowest BCUT2D eigenvalue weighted by Crippen LogP contribution is -2.50. The number of hydrogen-bond acceptors (Lipinski definition) is 3. The molecule has 1 N–H and O–H groups in total. The Bertz CT molecular complexity index is 291. The van der Waals surface area contributed by atoms with Gasteiger partial charge in [-0.05, 0) is 25.2 Å². The molecule has 0 spiro atoms. The number of nitriles is 1. The quantitative estimate of drug-likeness (QED) is 0.781. The molecule has 1 heterocycles. The van der Waals surface area contributed by atoms with Gasteiger partial charge in [0, 0.05) is 26.1 Å². The van der Waals surface area contributed by atoms with Crippen molar-refractivity contribution in [2.45, 2.75) is 51.0 Å². The summed E-state index contributed by atoms with van der Waals surface area (Å²) in [6, 6.07) is 2.45. The third kappa shape index (κ3) is 1.74. The van der Waals surface area contributed by atoms with Crippen LogP contribution in [-0.2, 0) is 4.74 Å². The maximum Gasteiger partial charge on any atom is 0.0877 e. The molecule has 1 aliphatic heterocycles. The molecular formula is C13H21NO2. The molecule has 2 aliphatic rings. The molecule has 2 atom stereocenters. The van der Waals surface area contributed by atoms with Crippen molar-refractivity contribution in [2.75, 3.05) is 13.2 Å². The number of aliphatic hydroxyl groups is 1. The second kappa shape index (κ2) is 4.35. The van der Waals surface area contributed by atoms with Crippen LogP contribution in [-0.4, -0.2) is 23.9 Å². The Hall–Kier alpha value is -0.590. The van der Waals surface area contributed by atoms with Crippen molar-refractivity contribution >= 4 is 0 Å². The molecule has 2 unspecified atom stereocenters. The zero-order valence-corrected chi connectivity index (χ0v) is 10.0. The SMILES string of the molecule is CCC1CCC(C#N)(C2(O)CCOCC2)C1. The minimum atomic E-state index is -0.802. The van der Waals surface area contributed by atoms with Gasteiger partial charge in [-0.2, -0.15) is 5.26 Å². The van der Waals surface area contributed by atoms with E-state index >= 15 is 0 Å². The van der Waals surface area contributed by atoms with Gasteiger partial charge in [-0.3, -0.25) is 0 Å². The van der Waals surface area contributed by atoms with Crippen molar-refractivity contribution in [1.29, 1.82) is 5.26 Å². The second-order valence-electron chi connectivity index (χ2n) is 5.35. The maximum atomic E-state index is 10.7. The van der Waals surface area contributed by atoms with E-state index in [0.717, 1.165) is 25.7 Å². The zero-order chi connectivity index (χ0) is 11.6. The van der Waals surface area contributed by atoms with Crippen LogP contribution in [0.1, 0.15) is 45.4 Å². The number of nitrogens with zero attached hydrogens (tertiary/aromatic N) is 1. The molecule has 1 saturated carbocycles. The molecule has 3 nitrogen and oxygen atoms in total. The van der Waals surface area contributed by atoms with E-state index < -0.39 is 11.0 Å². The Morgan fingerprint density at radius 2 is 2.06 bits per heavy atom. The van der Waals surface area contributed by atoms with E-state index in [-0.39, 0.29) is 0 Å². The third-order valence-corrected chi connectivity index (χ3v) is 4.62. The highest BCUT2D eigenvalue weighted by atomic mass is 16.5. The third-order valence-electron chi connectivity index (χ3n) is 4.62. The van der Waals surface area contributed by atoms with E-state index in [1.807, 2.05) is 0 Å². The number of hydrogen-bond donors (Lipinski definition) is 1. The van der Waals surface area contributed by atoms with E-state index in [2.05, 4.69) is 13.0 Å². The largest absolute Gasteiger partial charge is 0.388 e. The van der Waals surface area contributed by atoms with Gasteiger partial charge in [-0.25, -0.2) is 0 Å². The van der Waals surface area contributed by atoms with Crippen LogP contribution >= 0.6 is 0 Å². The van der Waals surface area contributed by atoms with Gasteiger partial charge in [0.25, 0.3) is 0 Å². The molecular weight excluding hydrogens is 202 g/mol. The van der Waals surface area contributed by atoms with Gasteiger partial charge < -0.3 is 9.84 Å². The Morgan fingerprint density at radius 3 is 2.56 bits per heavy atom. The number of ether oxygens (including phenoxy) is 1. The Kier molecular flexibility index (Phi) is 3.23. The van der Waals surface area contributed by atoms with Crippen molar-refractivity contribution in [3.8, 4) is 6.07 Å². The van der Waals surface area contributed by atoms with Crippen molar-refractivity contribution in [2.24, 2.45) is 11.3 Å². The van der Waals surface area contributed by atoms with Crippen LogP contribution in [0.25, 0.3) is 0 Å². The summed E-state index contributed by atoms with van der Waals surface area (Å²) in [5.41, 5.74) is -1.30. The molecule has 1 saturated heterocycles. The highest BCUT2D eigenvalue weighted by Crippen LogP contribution is 2.52. The summed E-state index contributed by atoms with van der Waals surface area (Å²) < 4.78 is 5.30. The van der Waals surface area contributed by atoms with Crippen LogP contribution in [0.5, 0.6) is 0 Å². The van der Waals surface area contributed by atoms with Crippen LogP contribution in [0.2, 0.25) is 0 Å². The van der Waals surface area contributed by atoms with Gasteiger partial charge in [-0.1, -0.05) is 13.3 Å². The predicted molar refractivity (Wildman–Crippen MR) is 60.7 cm³/mol. The molecule has 0 aromatic carbocycles. The van der Waals surface area contributed by atoms with Crippen LogP contribution in [0, 0.1) is 22.7 Å². The predicted octanol–water partition coefficient (Wildman–Crippen LogP) is 2.25.